The highest BCUT2D eigenvalue weighted by atomic mass is 16.7. The van der Waals surface area contributed by atoms with Crippen LogP contribution < -0.4 is 0 Å². The Morgan fingerprint density at radius 3 is 1.94 bits per heavy atom. The van der Waals surface area contributed by atoms with Crippen LogP contribution in [0.4, 0.5) is 4.79 Å². The molecule has 0 saturated carbocycles. The van der Waals surface area contributed by atoms with Crippen LogP contribution in [0, 0.1) is 47.3 Å². The molecule has 5 aliphatic rings. The molecule has 21 heteroatoms. The summed E-state index contributed by atoms with van der Waals surface area (Å²) < 4.78 is 76.6. The van der Waals surface area contributed by atoms with Crippen molar-refractivity contribution in [2.45, 2.75) is 260 Å². The number of carbonyl (C=O) groups is 5. The number of ketones is 2. The lowest BCUT2D eigenvalue weighted by Gasteiger charge is -2.45. The Balaban J connectivity index is 1.71. The molecule has 0 aliphatic carbocycles. The number of carbonyl (C=O) groups excluding carboxylic acids is 5. The van der Waals surface area contributed by atoms with Gasteiger partial charge in [0.05, 0.1) is 74.3 Å². The fourth-order valence-electron chi connectivity index (χ4n) is 12.7. The first-order chi connectivity index (χ1) is 37.9. The Hall–Kier alpha value is -2.93. The van der Waals surface area contributed by atoms with Gasteiger partial charge in [0.1, 0.15) is 30.5 Å². The van der Waals surface area contributed by atoms with Crippen molar-refractivity contribution in [3.8, 4) is 0 Å². The van der Waals surface area contributed by atoms with Gasteiger partial charge < -0.3 is 72.0 Å². The summed E-state index contributed by atoms with van der Waals surface area (Å²) in [6, 6.07) is 0.0116. The minimum absolute atomic E-state index is 0.00515. The van der Waals surface area contributed by atoms with E-state index in [2.05, 4.69) is 25.7 Å². The Bertz CT molecular complexity index is 2020. The van der Waals surface area contributed by atoms with Gasteiger partial charge in [0, 0.05) is 63.8 Å². The smallest absolute Gasteiger partial charge is 0.410 e. The molecule has 1 amide bonds. The van der Waals surface area contributed by atoms with Crippen molar-refractivity contribution in [1.29, 1.82) is 0 Å². The zero-order valence-electron chi connectivity index (χ0n) is 52.2. The number of esters is 2. The lowest BCUT2D eigenvalue weighted by Crippen LogP contribution is -2.59. The van der Waals surface area contributed by atoms with Gasteiger partial charge in [0.15, 0.2) is 42.1 Å². The van der Waals surface area contributed by atoms with Gasteiger partial charge in [-0.2, -0.15) is 0 Å². The Kier molecular flexibility index (Phi) is 25.9. The van der Waals surface area contributed by atoms with Gasteiger partial charge >= 0.3 is 18.0 Å². The molecular formula is C60H104N2O19. The number of Topliss-reactive ketones (excluding diaryl/α,β-unsaturated/α-hetero) is 2. The van der Waals surface area contributed by atoms with Gasteiger partial charge in [-0.3, -0.25) is 24.1 Å². The fourth-order valence-corrected chi connectivity index (χ4v) is 12.7. The van der Waals surface area contributed by atoms with Gasteiger partial charge in [0.25, 0.3) is 0 Å². The summed E-state index contributed by atoms with van der Waals surface area (Å²) in [5, 5.41) is 22.4. The molecule has 24 atom stereocenters. The number of aliphatic hydroxyl groups excluding tert-OH is 2. The lowest BCUT2D eigenvalue weighted by atomic mass is 9.74. The van der Waals surface area contributed by atoms with Crippen molar-refractivity contribution < 1.29 is 91.0 Å². The van der Waals surface area contributed by atoms with Gasteiger partial charge in [-0.15, -0.1) is 0 Å². The molecule has 0 radical (unpaired) electrons. The van der Waals surface area contributed by atoms with Crippen molar-refractivity contribution >= 4 is 29.6 Å². The third-order valence-corrected chi connectivity index (χ3v) is 17.2. The number of aliphatic hydroxyl groups is 2. The third kappa shape index (κ3) is 18.1. The van der Waals surface area contributed by atoms with Crippen LogP contribution in [0.3, 0.4) is 0 Å². The molecule has 0 aromatic carbocycles. The number of nitrogens with zero attached hydrogens (tertiary/aromatic N) is 2. The Labute approximate surface area is 483 Å². The summed E-state index contributed by atoms with van der Waals surface area (Å²) >= 11 is 0. The quantitative estimate of drug-likeness (QED) is 0.116. The molecule has 0 aromatic rings. The second-order valence-corrected chi connectivity index (χ2v) is 25.7. The normalized spacial score (nSPS) is 41.5. The zero-order chi connectivity index (χ0) is 60.5. The molecular weight excluding hydrogens is 1050 g/mol. The second kappa shape index (κ2) is 30.4. The molecule has 5 heterocycles. The van der Waals surface area contributed by atoms with E-state index >= 15 is 9.59 Å². The lowest BCUT2D eigenvalue weighted by molar-refractivity contribution is -0.305. The average Bonchev–Trinajstić information content (AvgIpc) is 3.64. The molecule has 21 nitrogen and oxygen atoms in total. The zero-order valence-corrected chi connectivity index (χ0v) is 52.2. The maximum atomic E-state index is 15.9. The maximum Gasteiger partial charge on any atom is 0.410 e. The minimum Gasteiger partial charge on any atom is -0.461 e. The Morgan fingerprint density at radius 1 is 0.704 bits per heavy atom. The molecule has 5 aliphatic heterocycles. The van der Waals surface area contributed by atoms with E-state index in [0.29, 0.717) is 18.9 Å². The second-order valence-electron chi connectivity index (χ2n) is 25.7. The van der Waals surface area contributed by atoms with E-state index in [1.165, 1.54) is 19.1 Å². The van der Waals surface area contributed by atoms with Crippen LogP contribution in [-0.4, -0.2) is 206 Å². The molecule has 81 heavy (non-hydrogen) atoms. The third-order valence-electron chi connectivity index (χ3n) is 17.2. The highest BCUT2D eigenvalue weighted by Gasteiger charge is 2.53. The topological polar surface area (TPSA) is 243 Å². The predicted molar refractivity (Wildman–Crippen MR) is 297 cm³/mol. The maximum absolute atomic E-state index is 15.9. The van der Waals surface area contributed by atoms with Crippen LogP contribution in [0.1, 0.15) is 150 Å². The van der Waals surface area contributed by atoms with Gasteiger partial charge in [0.2, 0.25) is 0 Å². The summed E-state index contributed by atoms with van der Waals surface area (Å²) in [4.78, 5) is 77.4. The predicted octanol–water partition coefficient (Wildman–Crippen LogP) is 6.51. The van der Waals surface area contributed by atoms with E-state index in [9.17, 15) is 24.6 Å². The van der Waals surface area contributed by atoms with Crippen LogP contribution in [0.15, 0.2) is 0 Å². The van der Waals surface area contributed by atoms with Crippen LogP contribution in [0.25, 0.3) is 0 Å². The summed E-state index contributed by atoms with van der Waals surface area (Å²) in [5.74, 6) is -7.51. The van der Waals surface area contributed by atoms with Crippen molar-refractivity contribution in [2.24, 2.45) is 47.3 Å². The first-order valence-electron chi connectivity index (χ1n) is 30.0. The van der Waals surface area contributed by atoms with E-state index in [1.54, 1.807) is 41.5 Å². The van der Waals surface area contributed by atoms with Gasteiger partial charge in [-0.25, -0.2) is 4.79 Å². The first-order valence-corrected chi connectivity index (χ1v) is 30.0. The standard InChI is InChI=1S/C60H104N2O19/c1-30(2)20-21-61-26-38(11)74-46(23-34(61)7)78-52-39(12)49(80-57-48(66)44(63)24-35(8)75-57)32(5)25-60(17,81-59(69)62-27-36(9)73-37(10)28-62)55(67)41(14)51(77-45(64)22-31(3)4)40(13)50(79-56(68)42(52)15)33(6)29-72-58-54(71-19)53(70-18)47(65)43(16)76-58/h30-43,46-54,57-58,65-66H,20-29H2,1-19H3/t32-,33-,34+,35+,36-,37+,38-,39+,40-,41+,42+,43+,46-,47+,48+,49-,50+,51+,52-,53+,54+,57-,58+,60-/m0/s1. The highest BCUT2D eigenvalue weighted by Crippen LogP contribution is 2.41. The molecule has 5 fully saturated rings. The van der Waals surface area contributed by atoms with Gasteiger partial charge in [-0.05, 0) is 92.5 Å². The summed E-state index contributed by atoms with van der Waals surface area (Å²) in [7, 11) is 2.91. The number of ether oxygens (including phenoxy) is 12. The Morgan fingerprint density at radius 2 is 1.33 bits per heavy atom. The average molecular weight is 1160 g/mol. The molecule has 0 spiro atoms. The van der Waals surface area contributed by atoms with E-state index < -0.39 is 151 Å². The van der Waals surface area contributed by atoms with Crippen molar-refractivity contribution in [3.05, 3.63) is 0 Å². The number of morpholine rings is 1. The number of methoxy groups -OCH3 is 2. The van der Waals surface area contributed by atoms with E-state index in [-0.39, 0.29) is 69.2 Å². The van der Waals surface area contributed by atoms with Crippen LogP contribution in [0.5, 0.6) is 0 Å². The largest absolute Gasteiger partial charge is 0.461 e. The van der Waals surface area contributed by atoms with Crippen molar-refractivity contribution in [3.63, 3.8) is 0 Å². The van der Waals surface area contributed by atoms with E-state index in [0.717, 1.165) is 13.0 Å². The highest BCUT2D eigenvalue weighted by molar-refractivity contribution is 5.91. The number of rotatable bonds is 17. The van der Waals surface area contributed by atoms with Crippen LogP contribution in [0.2, 0.25) is 0 Å². The van der Waals surface area contributed by atoms with Crippen molar-refractivity contribution in [2.75, 3.05) is 47.0 Å². The summed E-state index contributed by atoms with van der Waals surface area (Å²) in [5.41, 5.74) is -1.96. The number of cyclic esters (lactones) is 1. The number of hydrogen-bond donors (Lipinski definition) is 2. The van der Waals surface area contributed by atoms with Crippen LogP contribution >= 0.6 is 0 Å². The van der Waals surface area contributed by atoms with E-state index in [4.69, 9.17) is 56.8 Å². The number of hydrogen-bond acceptors (Lipinski definition) is 20. The molecule has 468 valence electrons. The van der Waals surface area contributed by atoms with Gasteiger partial charge in [-0.1, -0.05) is 62.3 Å². The molecule has 2 N–H and O–H groups in total. The van der Waals surface area contributed by atoms with Crippen molar-refractivity contribution in [1.82, 2.24) is 9.80 Å². The van der Waals surface area contributed by atoms with E-state index in [1.807, 2.05) is 55.4 Å². The molecule has 0 aromatic heterocycles. The first kappa shape index (κ1) is 68.8. The molecule has 5 rings (SSSR count). The van der Waals surface area contributed by atoms with Crippen LogP contribution in [-0.2, 0) is 76.0 Å². The molecule has 0 unspecified atom stereocenters. The minimum atomic E-state index is -1.96. The number of amides is 1. The SMILES string of the molecule is CO[C@@H]1[C@H](O)[C@@H](C)O[C@@H](OC[C@H](C)[C@H]2OC(=O)[C@H](C)[C@@H](O[C@H]3C[C@@H](C)N(CCC(C)C)C[C@H](C)O3)[C@H](C)[C@@H](O[C@@H]3O[C@H](C)CC(=O)[C@H]3O)[C@@H](C)C[C@](C)(OC(=O)N3C[C@@H](C)O[C@@H](C)C3)C(=O)[C@H](C)[C@H](OC(=O)CC(C)C)[C@H]2C)[C@@H]1OC. The summed E-state index contributed by atoms with van der Waals surface area (Å²) in [6.07, 6.45) is -14.1. The molecule has 5 saturated heterocycles. The fraction of sp³-hybridized carbons (Fsp3) is 0.917. The summed E-state index contributed by atoms with van der Waals surface area (Å²) in [6.45, 7) is 33.2. The monoisotopic (exact) mass is 1160 g/mol. The molecule has 0 bridgehead atoms.